The van der Waals surface area contributed by atoms with Crippen LogP contribution in [0.1, 0.15) is 16.8 Å². The van der Waals surface area contributed by atoms with E-state index in [4.69, 9.17) is 17.3 Å². The number of nitrogens with zero attached hydrogens (tertiary/aromatic N) is 3. The predicted octanol–water partition coefficient (Wildman–Crippen LogP) is 2.76. The van der Waals surface area contributed by atoms with Gasteiger partial charge in [-0.15, -0.1) is 0 Å². The molecule has 3 aromatic rings. The van der Waals surface area contributed by atoms with Crippen LogP contribution in [-0.4, -0.2) is 26.4 Å². The minimum absolute atomic E-state index is 0.167. The van der Waals surface area contributed by atoms with E-state index >= 15 is 0 Å². The van der Waals surface area contributed by atoms with Crippen molar-refractivity contribution >= 4 is 17.3 Å². The Morgan fingerprint density at radius 1 is 1.30 bits per heavy atom. The van der Waals surface area contributed by atoms with E-state index in [-0.39, 0.29) is 10.7 Å². The van der Waals surface area contributed by atoms with Gasteiger partial charge in [0.25, 0.3) is 5.56 Å². The third-order valence-electron chi connectivity index (χ3n) is 4.60. The Morgan fingerprint density at radius 2 is 2.07 bits per heavy atom. The van der Waals surface area contributed by atoms with Crippen LogP contribution in [0.2, 0.25) is 5.15 Å². The number of pyridine rings is 1. The summed E-state index contributed by atoms with van der Waals surface area (Å²) < 4.78 is 13.4. The fourth-order valence-electron chi connectivity index (χ4n) is 3.21. The van der Waals surface area contributed by atoms with Crippen molar-refractivity contribution in [2.24, 2.45) is 0 Å². The Kier molecular flexibility index (Phi) is 4.63. The van der Waals surface area contributed by atoms with Crippen molar-refractivity contribution in [3.63, 3.8) is 0 Å². The van der Waals surface area contributed by atoms with Crippen LogP contribution in [0.3, 0.4) is 0 Å². The van der Waals surface area contributed by atoms with E-state index in [1.54, 1.807) is 12.1 Å². The topological polar surface area (TPSA) is 87.9 Å². The molecule has 0 spiro atoms. The van der Waals surface area contributed by atoms with Crippen LogP contribution in [0.4, 0.5) is 10.1 Å². The second-order valence-electron chi connectivity index (χ2n) is 6.53. The first-order valence-corrected chi connectivity index (χ1v) is 8.87. The van der Waals surface area contributed by atoms with Crippen LogP contribution in [-0.2, 0) is 19.5 Å². The lowest BCUT2D eigenvalue weighted by atomic mass is 10.1. The molecular weight excluding hydrogens is 369 g/mol. The number of hydrogen-bond acceptors (Lipinski definition) is 5. The monoisotopic (exact) mass is 385 g/mol. The van der Waals surface area contributed by atoms with Crippen molar-refractivity contribution in [3.05, 3.63) is 74.7 Å². The molecule has 6 nitrogen and oxygen atoms in total. The van der Waals surface area contributed by atoms with Gasteiger partial charge in [0.2, 0.25) is 0 Å². The van der Waals surface area contributed by atoms with Crippen LogP contribution in [0.15, 0.2) is 41.3 Å². The minimum atomic E-state index is -0.431. The maximum Gasteiger partial charge on any atom is 0.255 e. The molecule has 0 amide bonds. The highest BCUT2D eigenvalue weighted by atomic mass is 35.5. The van der Waals surface area contributed by atoms with Gasteiger partial charge in [-0.3, -0.25) is 9.69 Å². The van der Waals surface area contributed by atoms with Crippen molar-refractivity contribution in [1.82, 2.24) is 19.9 Å². The third kappa shape index (κ3) is 3.70. The molecule has 0 saturated heterocycles. The zero-order chi connectivity index (χ0) is 19.0. The normalized spacial score (nSPS) is 14.1. The standard InChI is InChI=1S/C19H17ClFN5O/c20-17-12(7-13(21)8-23-17)9-26-6-5-16-15(10-26)19(27)25-18(24-16)11-1-3-14(22)4-2-11/h1-4,7-8H,5-6,9-10,22H2,(H,24,25,27). The minimum Gasteiger partial charge on any atom is -0.399 e. The van der Waals surface area contributed by atoms with Gasteiger partial charge in [-0.2, -0.15) is 0 Å². The van der Waals surface area contributed by atoms with Crippen LogP contribution in [0.25, 0.3) is 11.4 Å². The van der Waals surface area contributed by atoms with E-state index in [1.807, 2.05) is 17.0 Å². The highest BCUT2D eigenvalue weighted by molar-refractivity contribution is 6.30. The molecule has 0 aliphatic carbocycles. The Balaban J connectivity index is 1.59. The molecule has 0 atom stereocenters. The van der Waals surface area contributed by atoms with Crippen LogP contribution >= 0.6 is 11.6 Å². The quantitative estimate of drug-likeness (QED) is 0.534. The van der Waals surface area contributed by atoms with Crippen molar-refractivity contribution in [1.29, 1.82) is 0 Å². The summed E-state index contributed by atoms with van der Waals surface area (Å²) in [5.74, 6) is 0.101. The fraction of sp³-hybridized carbons (Fsp3) is 0.211. The Labute approximate surface area is 159 Å². The number of hydrogen-bond donors (Lipinski definition) is 2. The maximum atomic E-state index is 13.4. The first kappa shape index (κ1) is 17.6. The maximum absolute atomic E-state index is 13.4. The molecule has 0 saturated carbocycles. The molecule has 1 aromatic carbocycles. The molecule has 0 unspecified atom stereocenters. The number of nitrogens with two attached hydrogens (primary N) is 1. The first-order chi connectivity index (χ1) is 13.0. The molecule has 2 aromatic heterocycles. The average Bonchev–Trinajstić information content (AvgIpc) is 2.65. The zero-order valence-corrected chi connectivity index (χ0v) is 15.1. The summed E-state index contributed by atoms with van der Waals surface area (Å²) in [6, 6.07) is 8.57. The number of nitrogen functional groups attached to an aromatic ring is 1. The number of rotatable bonds is 3. The molecular formula is C19H17ClFN5O. The van der Waals surface area contributed by atoms with Gasteiger partial charge in [0, 0.05) is 42.9 Å². The second-order valence-corrected chi connectivity index (χ2v) is 6.88. The van der Waals surface area contributed by atoms with Gasteiger partial charge in [-0.05, 0) is 30.3 Å². The van der Waals surface area contributed by atoms with Crippen LogP contribution in [0, 0.1) is 5.82 Å². The molecule has 3 N–H and O–H groups in total. The van der Waals surface area contributed by atoms with Crippen molar-refractivity contribution < 1.29 is 4.39 Å². The molecule has 4 rings (SSSR count). The van der Waals surface area contributed by atoms with Gasteiger partial charge >= 0.3 is 0 Å². The lowest BCUT2D eigenvalue weighted by Crippen LogP contribution is -2.35. The summed E-state index contributed by atoms with van der Waals surface area (Å²) in [6.07, 6.45) is 1.71. The molecule has 0 bridgehead atoms. The first-order valence-electron chi connectivity index (χ1n) is 8.50. The van der Waals surface area contributed by atoms with Gasteiger partial charge in [-0.25, -0.2) is 14.4 Å². The smallest absolute Gasteiger partial charge is 0.255 e. The summed E-state index contributed by atoms with van der Waals surface area (Å²) in [6.45, 7) is 1.53. The Bertz CT molecular complexity index is 1050. The van der Waals surface area contributed by atoms with Gasteiger partial charge in [0.15, 0.2) is 0 Å². The van der Waals surface area contributed by atoms with Gasteiger partial charge < -0.3 is 10.7 Å². The van der Waals surface area contributed by atoms with Crippen LogP contribution in [0.5, 0.6) is 0 Å². The third-order valence-corrected chi connectivity index (χ3v) is 4.94. The van der Waals surface area contributed by atoms with Crippen molar-refractivity contribution in [3.8, 4) is 11.4 Å². The number of anilines is 1. The predicted molar refractivity (Wildman–Crippen MR) is 102 cm³/mol. The van der Waals surface area contributed by atoms with Gasteiger partial charge in [0.05, 0.1) is 17.5 Å². The lowest BCUT2D eigenvalue weighted by Gasteiger charge is -2.27. The number of aromatic nitrogens is 3. The van der Waals surface area contributed by atoms with E-state index in [0.29, 0.717) is 48.7 Å². The number of halogens is 2. The molecule has 3 heterocycles. The molecule has 0 radical (unpaired) electrons. The number of aromatic amines is 1. The number of H-pyrrole nitrogens is 1. The van der Waals surface area contributed by atoms with E-state index in [9.17, 15) is 9.18 Å². The molecule has 27 heavy (non-hydrogen) atoms. The van der Waals surface area contributed by atoms with Crippen molar-refractivity contribution in [2.45, 2.75) is 19.5 Å². The SMILES string of the molecule is Nc1ccc(-c2nc3c(c(=O)[nH]2)CN(Cc2cc(F)cnc2Cl)CC3)cc1. The summed E-state index contributed by atoms with van der Waals surface area (Å²) in [5, 5.41) is 0.271. The van der Waals surface area contributed by atoms with Crippen molar-refractivity contribution in [2.75, 3.05) is 12.3 Å². The summed E-state index contributed by atoms with van der Waals surface area (Å²) >= 11 is 6.05. The largest absolute Gasteiger partial charge is 0.399 e. The molecule has 138 valence electrons. The summed E-state index contributed by atoms with van der Waals surface area (Å²) in [4.78, 5) is 25.9. The Morgan fingerprint density at radius 3 is 2.85 bits per heavy atom. The van der Waals surface area contributed by atoms with E-state index < -0.39 is 5.82 Å². The highest BCUT2D eigenvalue weighted by Gasteiger charge is 2.22. The molecule has 1 aliphatic heterocycles. The highest BCUT2D eigenvalue weighted by Crippen LogP contribution is 2.22. The van der Waals surface area contributed by atoms with Gasteiger partial charge in [0.1, 0.15) is 16.8 Å². The summed E-state index contributed by atoms with van der Waals surface area (Å²) in [7, 11) is 0. The second kappa shape index (κ2) is 7.09. The van der Waals surface area contributed by atoms with Gasteiger partial charge in [-0.1, -0.05) is 11.6 Å². The van der Waals surface area contributed by atoms with Crippen LogP contribution < -0.4 is 11.3 Å². The number of nitrogens with one attached hydrogen (secondary N) is 1. The Hall–Kier alpha value is -2.77. The average molecular weight is 386 g/mol. The number of fused-ring (bicyclic) bond motifs is 1. The molecule has 0 fully saturated rings. The zero-order valence-electron chi connectivity index (χ0n) is 14.4. The molecule has 8 heteroatoms. The fourth-order valence-corrected chi connectivity index (χ4v) is 3.37. The van der Waals surface area contributed by atoms with E-state index in [2.05, 4.69) is 15.0 Å². The number of benzene rings is 1. The lowest BCUT2D eigenvalue weighted by molar-refractivity contribution is 0.241. The molecule has 1 aliphatic rings. The van der Waals surface area contributed by atoms with E-state index in [0.717, 1.165) is 17.5 Å². The van der Waals surface area contributed by atoms with E-state index in [1.165, 1.54) is 6.07 Å². The summed E-state index contributed by atoms with van der Waals surface area (Å²) in [5.41, 5.74) is 9.01.